The van der Waals surface area contributed by atoms with Gasteiger partial charge in [0, 0.05) is 42.3 Å². The van der Waals surface area contributed by atoms with Gasteiger partial charge in [-0.05, 0) is 68.0 Å². The second-order valence-corrected chi connectivity index (χ2v) is 11.3. The number of nitrogens with zero attached hydrogens (tertiary/aromatic N) is 2. The van der Waals surface area contributed by atoms with Crippen LogP contribution < -0.4 is 5.32 Å². The number of benzene rings is 2. The van der Waals surface area contributed by atoms with E-state index in [-0.39, 0.29) is 16.8 Å². The van der Waals surface area contributed by atoms with Crippen LogP contribution in [0.15, 0.2) is 101 Å². The van der Waals surface area contributed by atoms with Gasteiger partial charge in [-0.15, -0.1) is 0 Å². The summed E-state index contributed by atoms with van der Waals surface area (Å²) in [5, 5.41) is 14.6. The van der Waals surface area contributed by atoms with Gasteiger partial charge < -0.3 is 19.5 Å². The molecule has 0 aliphatic carbocycles. The quantitative estimate of drug-likeness (QED) is 0.0988. The van der Waals surface area contributed by atoms with Crippen molar-refractivity contribution < 1.29 is 28.7 Å². The van der Waals surface area contributed by atoms with Crippen molar-refractivity contribution in [3.8, 4) is 0 Å². The molecule has 3 aromatic rings. The van der Waals surface area contributed by atoms with Gasteiger partial charge in [-0.25, -0.2) is 9.59 Å². The number of rotatable bonds is 13. The van der Waals surface area contributed by atoms with Crippen molar-refractivity contribution in [1.29, 1.82) is 0 Å². The number of hydrogen-bond acceptors (Lipinski definition) is 9. The first-order valence-electron chi connectivity index (χ1n) is 15.0. The number of pyridine rings is 1. The van der Waals surface area contributed by atoms with E-state index in [9.17, 15) is 19.7 Å². The Kier molecular flexibility index (Phi) is 11.6. The lowest BCUT2D eigenvalue weighted by atomic mass is 9.80. The maximum absolute atomic E-state index is 13.6. The van der Waals surface area contributed by atoms with Gasteiger partial charge in [-0.1, -0.05) is 48.5 Å². The number of methoxy groups -OCH3 is 1. The first-order valence-corrected chi connectivity index (χ1v) is 15.0. The van der Waals surface area contributed by atoms with E-state index >= 15 is 0 Å². The molecule has 46 heavy (non-hydrogen) atoms. The molecule has 4 rings (SSSR count). The van der Waals surface area contributed by atoms with E-state index in [0.29, 0.717) is 36.6 Å². The molecular weight excluding hydrogens is 586 g/mol. The second-order valence-electron chi connectivity index (χ2n) is 11.3. The summed E-state index contributed by atoms with van der Waals surface area (Å²) in [6, 6.07) is 18.3. The number of non-ortho nitro benzene ring substituents is 1. The molecular formula is C36H39N3O7. The highest BCUT2D eigenvalue weighted by Gasteiger charge is 2.38. The van der Waals surface area contributed by atoms with Crippen LogP contribution in [0.4, 0.5) is 5.69 Å². The molecule has 240 valence electrons. The number of nitro benzene ring substituents is 1. The molecule has 2 atom stereocenters. The third-order valence-electron chi connectivity index (χ3n) is 7.63. The molecule has 1 aromatic heterocycles. The highest BCUT2D eigenvalue weighted by molar-refractivity contribution is 6.00. The fourth-order valence-corrected chi connectivity index (χ4v) is 5.38. The van der Waals surface area contributed by atoms with Crippen molar-refractivity contribution in [2.75, 3.05) is 20.3 Å². The molecule has 1 N–H and O–H groups in total. The van der Waals surface area contributed by atoms with Crippen LogP contribution in [0.3, 0.4) is 0 Å². The maximum atomic E-state index is 13.6. The van der Waals surface area contributed by atoms with Crippen molar-refractivity contribution in [3.63, 3.8) is 0 Å². The largest absolute Gasteiger partial charge is 0.466 e. The summed E-state index contributed by atoms with van der Waals surface area (Å²) in [6.45, 7) is 7.95. The van der Waals surface area contributed by atoms with E-state index in [2.05, 4.69) is 46.7 Å². The van der Waals surface area contributed by atoms with Crippen LogP contribution in [0.5, 0.6) is 0 Å². The number of ether oxygens (including phenoxy) is 3. The van der Waals surface area contributed by atoms with Crippen LogP contribution in [-0.4, -0.2) is 48.3 Å². The number of allylic oxidation sites excluding steroid dienone is 2. The van der Waals surface area contributed by atoms with Crippen LogP contribution >= 0.6 is 0 Å². The zero-order valence-electron chi connectivity index (χ0n) is 26.7. The zero-order valence-corrected chi connectivity index (χ0v) is 26.7. The Morgan fingerprint density at radius 2 is 1.74 bits per heavy atom. The van der Waals surface area contributed by atoms with Crippen molar-refractivity contribution in [2.45, 2.75) is 52.6 Å². The number of carbonyl (C=O) groups is 2. The van der Waals surface area contributed by atoms with Gasteiger partial charge in [-0.2, -0.15) is 0 Å². The summed E-state index contributed by atoms with van der Waals surface area (Å²) in [5.41, 5.74) is 6.10. The smallest absolute Gasteiger partial charge is 0.337 e. The van der Waals surface area contributed by atoms with Crippen LogP contribution in [-0.2, 0) is 30.2 Å². The highest BCUT2D eigenvalue weighted by Crippen LogP contribution is 2.40. The molecule has 1 aliphatic rings. The molecule has 2 heterocycles. The highest BCUT2D eigenvalue weighted by atomic mass is 16.6. The Morgan fingerprint density at radius 1 is 1.02 bits per heavy atom. The van der Waals surface area contributed by atoms with Crippen LogP contribution in [0.1, 0.15) is 62.3 Å². The van der Waals surface area contributed by atoms with Gasteiger partial charge in [0.2, 0.25) is 0 Å². The number of dihydropyridines is 1. The van der Waals surface area contributed by atoms with Gasteiger partial charge in [0.15, 0.2) is 0 Å². The van der Waals surface area contributed by atoms with Crippen molar-refractivity contribution in [1.82, 2.24) is 10.3 Å². The van der Waals surface area contributed by atoms with Crippen molar-refractivity contribution >= 4 is 23.7 Å². The molecule has 0 bridgehead atoms. The average Bonchev–Trinajstić information content (AvgIpc) is 3.03. The van der Waals surface area contributed by atoms with Crippen molar-refractivity contribution in [2.24, 2.45) is 0 Å². The Hall–Kier alpha value is -5.09. The fraction of sp³-hybridized carbons (Fsp3) is 0.306. The summed E-state index contributed by atoms with van der Waals surface area (Å²) in [7, 11) is 1.25. The minimum Gasteiger partial charge on any atom is -0.466 e. The van der Waals surface area contributed by atoms with Gasteiger partial charge >= 0.3 is 11.9 Å². The van der Waals surface area contributed by atoms with E-state index in [0.717, 1.165) is 23.1 Å². The number of nitro groups is 1. The third kappa shape index (κ3) is 8.76. The minimum atomic E-state index is -0.915. The number of hydrogen-bond donors (Lipinski definition) is 1. The molecule has 2 unspecified atom stereocenters. The zero-order chi connectivity index (χ0) is 33.2. The van der Waals surface area contributed by atoms with E-state index < -0.39 is 28.9 Å². The lowest BCUT2D eigenvalue weighted by Gasteiger charge is -2.30. The minimum absolute atomic E-state index is 0.157. The summed E-state index contributed by atoms with van der Waals surface area (Å²) in [5.74, 6) is -2.20. The monoisotopic (exact) mass is 625 g/mol. The summed E-state index contributed by atoms with van der Waals surface area (Å²) in [4.78, 5) is 41.6. The molecule has 10 heteroatoms. The molecule has 1 aliphatic heterocycles. The third-order valence-corrected chi connectivity index (χ3v) is 7.63. The van der Waals surface area contributed by atoms with Gasteiger partial charge in [-0.3, -0.25) is 15.1 Å². The van der Waals surface area contributed by atoms with Gasteiger partial charge in [0.05, 0.1) is 42.3 Å². The van der Waals surface area contributed by atoms with Crippen LogP contribution in [0.25, 0.3) is 6.08 Å². The normalized spacial score (nSPS) is 15.7. The standard InChI is InChI=1S/C36H39N3O7/c1-23(18-27-11-13-28(14-12-27)19-29-8-7-16-37-21-29)22-45-17-15-24(2)46-36(41)33-26(4)38-25(3)32(35(40)44-5)34(33)30-9-6-10-31(20-30)39(42)43/h6-14,16,18,20-21,24,34,38H,15,17,19,22H2,1-5H3/b23-18+. The molecule has 0 saturated carbocycles. The van der Waals surface area contributed by atoms with Crippen LogP contribution in [0.2, 0.25) is 0 Å². The predicted molar refractivity (Wildman–Crippen MR) is 175 cm³/mol. The number of nitrogens with one attached hydrogen (secondary N) is 1. The second kappa shape index (κ2) is 15.8. The maximum Gasteiger partial charge on any atom is 0.337 e. The lowest BCUT2D eigenvalue weighted by Crippen LogP contribution is -2.33. The number of aromatic nitrogens is 1. The fourth-order valence-electron chi connectivity index (χ4n) is 5.38. The van der Waals surface area contributed by atoms with Crippen molar-refractivity contribution in [3.05, 3.63) is 134 Å². The first-order chi connectivity index (χ1) is 22.1. The number of carbonyl (C=O) groups excluding carboxylic acids is 2. The van der Waals surface area contributed by atoms with E-state index in [1.165, 1.54) is 30.9 Å². The van der Waals surface area contributed by atoms with Gasteiger partial charge in [0.1, 0.15) is 6.10 Å². The molecule has 2 aromatic carbocycles. The average molecular weight is 626 g/mol. The van der Waals surface area contributed by atoms with E-state index in [1.54, 1.807) is 33.0 Å². The molecule has 10 nitrogen and oxygen atoms in total. The first kappa shape index (κ1) is 33.8. The Bertz CT molecular complexity index is 1660. The SMILES string of the molecule is COC(=O)C1=C(C)NC(C)=C(C(=O)OC(C)CCOC/C(C)=C/c2ccc(Cc3cccnc3)cc2)C1c1cccc([N+](=O)[O-])c1. The molecule has 0 spiro atoms. The van der Waals surface area contributed by atoms with E-state index in [4.69, 9.17) is 14.2 Å². The number of esters is 2. The molecule has 0 fully saturated rings. The summed E-state index contributed by atoms with van der Waals surface area (Å²) < 4.78 is 16.7. The Morgan fingerprint density at radius 3 is 2.39 bits per heavy atom. The van der Waals surface area contributed by atoms with E-state index in [1.807, 2.05) is 19.2 Å². The van der Waals surface area contributed by atoms with Crippen LogP contribution in [0, 0.1) is 10.1 Å². The Labute approximate surface area is 268 Å². The molecule has 0 amide bonds. The van der Waals surface area contributed by atoms with Gasteiger partial charge in [0.25, 0.3) is 5.69 Å². The molecule has 0 radical (unpaired) electrons. The predicted octanol–water partition coefficient (Wildman–Crippen LogP) is 6.43. The topological polar surface area (TPSA) is 130 Å². The molecule has 0 saturated heterocycles. The Balaban J connectivity index is 1.35. The summed E-state index contributed by atoms with van der Waals surface area (Å²) >= 11 is 0. The summed E-state index contributed by atoms with van der Waals surface area (Å²) in [6.07, 6.45) is 6.49. The lowest BCUT2D eigenvalue weighted by molar-refractivity contribution is -0.384.